The molecule has 2 aromatic rings. The molecule has 2 amide bonds. The Labute approximate surface area is 270 Å². The van der Waals surface area contributed by atoms with E-state index in [2.05, 4.69) is 56.1 Å². The average molecular weight is 623 g/mol. The highest BCUT2D eigenvalue weighted by Gasteiger charge is 2.21. The highest BCUT2D eigenvalue weighted by Crippen LogP contribution is 2.15. The van der Waals surface area contributed by atoms with Gasteiger partial charge >= 0.3 is 0 Å². The summed E-state index contributed by atoms with van der Waals surface area (Å²) in [4.78, 5) is 35.7. The van der Waals surface area contributed by atoms with Gasteiger partial charge in [0.2, 0.25) is 11.8 Å². The lowest BCUT2D eigenvalue weighted by molar-refractivity contribution is -0.132. The van der Waals surface area contributed by atoms with Gasteiger partial charge in [-0.25, -0.2) is 0 Å². The van der Waals surface area contributed by atoms with E-state index in [4.69, 9.17) is 9.47 Å². The van der Waals surface area contributed by atoms with Crippen LogP contribution in [0.2, 0.25) is 0 Å². The summed E-state index contributed by atoms with van der Waals surface area (Å²) in [6.07, 6.45) is 3.10. The molecule has 2 aliphatic rings. The minimum atomic E-state index is 0.0853. The van der Waals surface area contributed by atoms with Gasteiger partial charge in [-0.05, 0) is 62.6 Å². The third kappa shape index (κ3) is 12.6. The first-order valence-electron chi connectivity index (χ1n) is 16.6. The molecule has 2 fully saturated rings. The van der Waals surface area contributed by atoms with Gasteiger partial charge in [0.05, 0.1) is 26.3 Å². The number of likely N-dealkylation sites (N-methyl/N-ethyl adjacent to an activating group) is 2. The maximum Gasteiger partial charge on any atom is 0.236 e. The number of unbranched alkanes of at least 4 members (excludes halogenated alkanes) is 1. The van der Waals surface area contributed by atoms with Gasteiger partial charge in [0.25, 0.3) is 0 Å². The van der Waals surface area contributed by atoms with Gasteiger partial charge in [-0.1, -0.05) is 29.8 Å². The number of aryl methyl sites for hydroxylation is 1. The second kappa shape index (κ2) is 18.7. The predicted molar refractivity (Wildman–Crippen MR) is 179 cm³/mol. The van der Waals surface area contributed by atoms with Gasteiger partial charge < -0.3 is 29.5 Å². The number of rotatable bonds is 17. The molecular formula is C35H54N6O4. The highest BCUT2D eigenvalue weighted by atomic mass is 16.5. The summed E-state index contributed by atoms with van der Waals surface area (Å²) in [7, 11) is 3.58. The first-order chi connectivity index (χ1) is 21.9. The molecule has 0 bridgehead atoms. The van der Waals surface area contributed by atoms with E-state index in [1.54, 1.807) is 7.05 Å². The maximum atomic E-state index is 12.9. The Morgan fingerprint density at radius 1 is 0.689 bits per heavy atom. The van der Waals surface area contributed by atoms with Crippen LogP contribution in [-0.2, 0) is 16.1 Å². The fourth-order valence-corrected chi connectivity index (χ4v) is 5.73. The van der Waals surface area contributed by atoms with Crippen LogP contribution < -0.4 is 14.8 Å². The van der Waals surface area contributed by atoms with Gasteiger partial charge in [0.1, 0.15) is 11.5 Å². The number of piperazine rings is 2. The quantitative estimate of drug-likeness (QED) is 0.270. The van der Waals surface area contributed by atoms with E-state index in [-0.39, 0.29) is 11.8 Å². The molecule has 2 saturated heterocycles. The topological polar surface area (TPSA) is 80.8 Å². The fraction of sp³-hybridized carbons (Fsp3) is 0.600. The molecular weight excluding hydrogens is 568 g/mol. The van der Waals surface area contributed by atoms with Crippen LogP contribution in [0.5, 0.6) is 11.5 Å². The summed E-state index contributed by atoms with van der Waals surface area (Å²) in [5.74, 6) is 2.04. The smallest absolute Gasteiger partial charge is 0.236 e. The minimum absolute atomic E-state index is 0.0853. The van der Waals surface area contributed by atoms with Crippen molar-refractivity contribution in [3.8, 4) is 11.5 Å². The number of nitrogens with one attached hydrogen (secondary N) is 1. The Morgan fingerprint density at radius 3 is 1.76 bits per heavy atom. The summed E-state index contributed by atoms with van der Waals surface area (Å²) in [5.41, 5.74) is 2.34. The third-order valence-electron chi connectivity index (χ3n) is 8.75. The standard InChI is InChI=1S/C35H54N6O4/c1-30-7-11-32(12-8-30)45-26-6-16-39-19-23-41(24-20-39)29-35(43)37(3)27-31-9-13-33(14-10-31)44-25-5-4-15-38-17-21-40(22-18-38)28-34(42)36-2/h7-14H,4-6,15-29H2,1-3H3,(H,36,42). The number of hydrogen-bond acceptors (Lipinski definition) is 8. The molecule has 0 aliphatic carbocycles. The molecule has 248 valence electrons. The van der Waals surface area contributed by atoms with E-state index in [1.165, 1.54) is 5.56 Å². The molecule has 45 heavy (non-hydrogen) atoms. The molecule has 2 heterocycles. The Bertz CT molecular complexity index is 1150. The van der Waals surface area contributed by atoms with E-state index < -0.39 is 0 Å². The molecule has 0 aromatic heterocycles. The largest absolute Gasteiger partial charge is 0.494 e. The molecule has 0 unspecified atom stereocenters. The van der Waals surface area contributed by atoms with Crippen molar-refractivity contribution in [2.24, 2.45) is 0 Å². The molecule has 0 atom stereocenters. The zero-order valence-corrected chi connectivity index (χ0v) is 27.7. The van der Waals surface area contributed by atoms with E-state index in [9.17, 15) is 9.59 Å². The van der Waals surface area contributed by atoms with E-state index in [0.29, 0.717) is 26.2 Å². The second-order valence-corrected chi connectivity index (χ2v) is 12.4. The molecule has 1 N–H and O–H groups in total. The molecule has 0 saturated carbocycles. The molecule has 4 rings (SSSR count). The number of benzene rings is 2. The molecule has 0 radical (unpaired) electrons. The second-order valence-electron chi connectivity index (χ2n) is 12.4. The van der Waals surface area contributed by atoms with Crippen LogP contribution in [0.3, 0.4) is 0 Å². The Balaban J connectivity index is 1.02. The van der Waals surface area contributed by atoms with Crippen LogP contribution in [0.15, 0.2) is 48.5 Å². The van der Waals surface area contributed by atoms with Crippen LogP contribution >= 0.6 is 0 Å². The summed E-state index contributed by atoms with van der Waals surface area (Å²) < 4.78 is 11.8. The summed E-state index contributed by atoms with van der Waals surface area (Å²) in [6.45, 7) is 14.9. The van der Waals surface area contributed by atoms with Gasteiger partial charge in [0, 0.05) is 79.5 Å². The summed E-state index contributed by atoms with van der Waals surface area (Å²) in [5, 5.41) is 2.70. The lowest BCUT2D eigenvalue weighted by Crippen LogP contribution is -2.49. The number of amides is 2. The van der Waals surface area contributed by atoms with Crippen molar-refractivity contribution in [2.75, 3.05) is 106 Å². The Hall–Kier alpha value is -3.18. The highest BCUT2D eigenvalue weighted by molar-refractivity contribution is 5.78. The van der Waals surface area contributed by atoms with Gasteiger partial charge in [-0.2, -0.15) is 0 Å². The monoisotopic (exact) mass is 622 g/mol. The number of hydrogen-bond donors (Lipinski definition) is 1. The van der Waals surface area contributed by atoms with Gasteiger partial charge in [0.15, 0.2) is 0 Å². The third-order valence-corrected chi connectivity index (χ3v) is 8.75. The Kier molecular flexibility index (Phi) is 14.4. The lowest BCUT2D eigenvalue weighted by atomic mass is 10.2. The summed E-state index contributed by atoms with van der Waals surface area (Å²) in [6, 6.07) is 16.3. The Morgan fingerprint density at radius 2 is 1.18 bits per heavy atom. The molecule has 10 heteroatoms. The van der Waals surface area contributed by atoms with Crippen molar-refractivity contribution in [2.45, 2.75) is 32.7 Å². The molecule has 2 aliphatic heterocycles. The number of nitrogens with zero attached hydrogens (tertiary/aromatic N) is 5. The lowest BCUT2D eigenvalue weighted by Gasteiger charge is -2.35. The van der Waals surface area contributed by atoms with Crippen LogP contribution in [0, 0.1) is 6.92 Å². The molecule has 2 aromatic carbocycles. The first-order valence-corrected chi connectivity index (χ1v) is 16.6. The first kappa shape index (κ1) is 34.7. The average Bonchev–Trinajstić information content (AvgIpc) is 3.06. The number of ether oxygens (including phenoxy) is 2. The van der Waals surface area contributed by atoms with Crippen molar-refractivity contribution in [1.82, 2.24) is 29.8 Å². The molecule has 0 spiro atoms. The van der Waals surface area contributed by atoms with Crippen molar-refractivity contribution in [3.63, 3.8) is 0 Å². The zero-order chi connectivity index (χ0) is 31.9. The number of carbonyl (C=O) groups excluding carboxylic acids is 2. The minimum Gasteiger partial charge on any atom is -0.494 e. The van der Waals surface area contributed by atoms with E-state index in [0.717, 1.165) is 108 Å². The predicted octanol–water partition coefficient (Wildman–Crippen LogP) is 2.56. The number of carbonyl (C=O) groups is 2. The van der Waals surface area contributed by atoms with Crippen molar-refractivity contribution in [3.05, 3.63) is 59.7 Å². The van der Waals surface area contributed by atoms with Crippen LogP contribution in [-0.4, -0.2) is 142 Å². The van der Waals surface area contributed by atoms with Crippen molar-refractivity contribution < 1.29 is 19.1 Å². The van der Waals surface area contributed by atoms with E-state index >= 15 is 0 Å². The van der Waals surface area contributed by atoms with Crippen LogP contribution in [0.1, 0.15) is 30.4 Å². The fourth-order valence-electron chi connectivity index (χ4n) is 5.73. The zero-order valence-electron chi connectivity index (χ0n) is 27.7. The van der Waals surface area contributed by atoms with Crippen LogP contribution in [0.25, 0.3) is 0 Å². The van der Waals surface area contributed by atoms with Crippen molar-refractivity contribution >= 4 is 11.8 Å². The van der Waals surface area contributed by atoms with Crippen LogP contribution in [0.4, 0.5) is 0 Å². The van der Waals surface area contributed by atoms with Crippen molar-refractivity contribution in [1.29, 1.82) is 0 Å². The maximum absolute atomic E-state index is 12.9. The SMILES string of the molecule is CNC(=O)CN1CCN(CCCCOc2ccc(CN(C)C(=O)CN3CCN(CCCOc4ccc(C)cc4)CC3)cc2)CC1. The van der Waals surface area contributed by atoms with Gasteiger partial charge in [-0.15, -0.1) is 0 Å². The van der Waals surface area contributed by atoms with E-state index in [1.807, 2.05) is 36.2 Å². The summed E-state index contributed by atoms with van der Waals surface area (Å²) >= 11 is 0. The van der Waals surface area contributed by atoms with Gasteiger partial charge in [-0.3, -0.25) is 19.4 Å². The normalized spacial score (nSPS) is 16.8. The molecule has 10 nitrogen and oxygen atoms in total.